The highest BCUT2D eigenvalue weighted by molar-refractivity contribution is 5.95. The number of hydrazone groups is 1. The topological polar surface area (TPSA) is 41.5 Å². The van der Waals surface area contributed by atoms with E-state index in [2.05, 4.69) is 10.5 Å². The lowest BCUT2D eigenvalue weighted by molar-refractivity contribution is 0.0954. The van der Waals surface area contributed by atoms with Gasteiger partial charge in [-0.05, 0) is 43.9 Å². The Morgan fingerprint density at radius 2 is 1.89 bits per heavy atom. The Labute approximate surface area is 106 Å². The van der Waals surface area contributed by atoms with E-state index in [1.807, 2.05) is 0 Å². The van der Waals surface area contributed by atoms with Gasteiger partial charge in [0.25, 0.3) is 5.91 Å². The van der Waals surface area contributed by atoms with Gasteiger partial charge in [0, 0.05) is 11.3 Å². The van der Waals surface area contributed by atoms with E-state index in [1.54, 1.807) is 6.07 Å². The fourth-order valence-corrected chi connectivity index (χ4v) is 2.07. The summed E-state index contributed by atoms with van der Waals surface area (Å²) in [6.45, 7) is 0. The van der Waals surface area contributed by atoms with E-state index in [1.165, 1.54) is 31.0 Å². The van der Waals surface area contributed by atoms with Gasteiger partial charge in [-0.25, -0.2) is 9.82 Å². The minimum atomic E-state index is -0.412. The van der Waals surface area contributed by atoms with Crippen LogP contribution in [0.3, 0.4) is 0 Å². The molecule has 1 N–H and O–H groups in total. The standard InChI is InChI=1S/C14H17FN2O/c15-12-7-5-6-11(10-12)14(18)17-16-13-8-3-1-2-4-9-13/h5-7,10H,1-4,8-9H2,(H,17,18). The van der Waals surface area contributed by atoms with E-state index >= 15 is 0 Å². The molecule has 0 heterocycles. The predicted molar refractivity (Wildman–Crippen MR) is 69.0 cm³/mol. The molecule has 0 aromatic heterocycles. The quantitative estimate of drug-likeness (QED) is 0.633. The monoisotopic (exact) mass is 248 g/mol. The molecule has 2 rings (SSSR count). The van der Waals surface area contributed by atoms with E-state index in [0.717, 1.165) is 31.4 Å². The van der Waals surface area contributed by atoms with E-state index in [0.29, 0.717) is 5.56 Å². The summed E-state index contributed by atoms with van der Waals surface area (Å²) in [5.74, 6) is -0.768. The zero-order valence-corrected chi connectivity index (χ0v) is 10.3. The normalized spacial score (nSPS) is 15.9. The fraction of sp³-hybridized carbons (Fsp3) is 0.429. The maximum absolute atomic E-state index is 13.0. The van der Waals surface area contributed by atoms with E-state index < -0.39 is 5.82 Å². The molecule has 0 aliphatic heterocycles. The number of hydrogen-bond acceptors (Lipinski definition) is 2. The Hall–Kier alpha value is -1.71. The van der Waals surface area contributed by atoms with Gasteiger partial charge in [-0.1, -0.05) is 18.9 Å². The number of rotatable bonds is 2. The number of amides is 1. The van der Waals surface area contributed by atoms with Crippen LogP contribution in [0, 0.1) is 5.82 Å². The summed E-state index contributed by atoms with van der Waals surface area (Å²) in [5, 5.41) is 4.14. The Balaban J connectivity index is 1.96. The van der Waals surface area contributed by atoms with Gasteiger partial charge in [-0.3, -0.25) is 4.79 Å². The molecule has 1 aliphatic carbocycles. The highest BCUT2D eigenvalue weighted by atomic mass is 19.1. The molecule has 0 bridgehead atoms. The van der Waals surface area contributed by atoms with Gasteiger partial charge in [0.2, 0.25) is 0 Å². The Bertz CT molecular complexity index is 447. The molecule has 1 aromatic rings. The number of nitrogens with zero attached hydrogens (tertiary/aromatic N) is 1. The van der Waals surface area contributed by atoms with Crippen LogP contribution >= 0.6 is 0 Å². The average Bonchev–Trinajstić information content (AvgIpc) is 2.64. The summed E-state index contributed by atoms with van der Waals surface area (Å²) in [7, 11) is 0. The van der Waals surface area contributed by atoms with Gasteiger partial charge in [-0.15, -0.1) is 0 Å². The average molecular weight is 248 g/mol. The van der Waals surface area contributed by atoms with Gasteiger partial charge in [-0.2, -0.15) is 5.10 Å². The smallest absolute Gasteiger partial charge is 0.267 e. The van der Waals surface area contributed by atoms with Crippen LogP contribution in [0.2, 0.25) is 0 Å². The van der Waals surface area contributed by atoms with Crippen molar-refractivity contribution in [2.24, 2.45) is 5.10 Å². The first-order valence-electron chi connectivity index (χ1n) is 6.37. The number of hydrogen-bond donors (Lipinski definition) is 1. The lowest BCUT2D eigenvalue weighted by Gasteiger charge is -2.03. The first-order chi connectivity index (χ1) is 8.75. The second-order valence-electron chi connectivity index (χ2n) is 4.54. The van der Waals surface area contributed by atoms with E-state index in [4.69, 9.17) is 0 Å². The van der Waals surface area contributed by atoms with Crippen LogP contribution in [0.1, 0.15) is 48.9 Å². The number of halogens is 1. The Kier molecular flexibility index (Phi) is 4.45. The van der Waals surface area contributed by atoms with E-state index in [-0.39, 0.29) is 5.91 Å². The molecule has 1 saturated carbocycles. The van der Waals surface area contributed by atoms with Crippen molar-refractivity contribution in [3.05, 3.63) is 35.6 Å². The SMILES string of the molecule is O=C(NN=C1CCCCCC1)c1cccc(F)c1. The summed E-state index contributed by atoms with van der Waals surface area (Å²) in [6, 6.07) is 5.62. The first-order valence-corrected chi connectivity index (χ1v) is 6.37. The van der Waals surface area contributed by atoms with Crippen molar-refractivity contribution in [2.75, 3.05) is 0 Å². The largest absolute Gasteiger partial charge is 0.271 e. The molecule has 1 amide bonds. The van der Waals surface area contributed by atoms with Crippen molar-refractivity contribution in [1.82, 2.24) is 5.43 Å². The first kappa shape index (κ1) is 12.7. The number of carbonyl (C=O) groups is 1. The fourth-order valence-electron chi connectivity index (χ4n) is 2.07. The van der Waals surface area contributed by atoms with Gasteiger partial charge in [0.05, 0.1) is 0 Å². The molecule has 1 aromatic carbocycles. The third-order valence-corrected chi connectivity index (χ3v) is 3.08. The summed E-state index contributed by atoms with van der Waals surface area (Å²) >= 11 is 0. The lowest BCUT2D eigenvalue weighted by atomic mass is 10.2. The number of nitrogens with one attached hydrogen (secondary N) is 1. The van der Waals surface area contributed by atoms with Gasteiger partial charge < -0.3 is 0 Å². The van der Waals surface area contributed by atoms with Crippen LogP contribution in [0.15, 0.2) is 29.4 Å². The Morgan fingerprint density at radius 1 is 1.17 bits per heavy atom. The molecule has 18 heavy (non-hydrogen) atoms. The van der Waals surface area contributed by atoms with E-state index in [9.17, 15) is 9.18 Å². The summed E-state index contributed by atoms with van der Waals surface area (Å²) in [5.41, 5.74) is 3.84. The van der Waals surface area contributed by atoms with Gasteiger partial charge >= 0.3 is 0 Å². The highest BCUT2D eigenvalue weighted by Crippen LogP contribution is 2.14. The third kappa shape index (κ3) is 3.65. The van der Waals surface area contributed by atoms with Crippen LogP contribution in [-0.4, -0.2) is 11.6 Å². The van der Waals surface area contributed by atoms with Crippen LogP contribution in [0.25, 0.3) is 0 Å². The molecule has 0 saturated heterocycles. The van der Waals surface area contributed by atoms with Crippen molar-refractivity contribution < 1.29 is 9.18 Å². The van der Waals surface area contributed by atoms with Crippen molar-refractivity contribution in [1.29, 1.82) is 0 Å². The molecular weight excluding hydrogens is 231 g/mol. The second-order valence-corrected chi connectivity index (χ2v) is 4.54. The molecule has 4 heteroatoms. The van der Waals surface area contributed by atoms with Crippen LogP contribution < -0.4 is 5.43 Å². The van der Waals surface area contributed by atoms with Crippen LogP contribution in [0.4, 0.5) is 4.39 Å². The van der Waals surface area contributed by atoms with Crippen LogP contribution in [-0.2, 0) is 0 Å². The van der Waals surface area contributed by atoms with Crippen molar-refractivity contribution >= 4 is 11.6 Å². The predicted octanol–water partition coefficient (Wildman–Crippen LogP) is 3.27. The molecule has 0 spiro atoms. The molecule has 0 unspecified atom stereocenters. The lowest BCUT2D eigenvalue weighted by Crippen LogP contribution is -2.19. The Morgan fingerprint density at radius 3 is 2.56 bits per heavy atom. The minimum Gasteiger partial charge on any atom is -0.267 e. The molecule has 3 nitrogen and oxygen atoms in total. The maximum atomic E-state index is 13.0. The third-order valence-electron chi connectivity index (χ3n) is 3.08. The molecular formula is C14H17FN2O. The zero-order chi connectivity index (χ0) is 12.8. The molecule has 0 radical (unpaired) electrons. The van der Waals surface area contributed by atoms with Gasteiger partial charge in [0.15, 0.2) is 0 Å². The number of benzene rings is 1. The maximum Gasteiger partial charge on any atom is 0.271 e. The minimum absolute atomic E-state index is 0.299. The van der Waals surface area contributed by atoms with Crippen molar-refractivity contribution in [3.63, 3.8) is 0 Å². The highest BCUT2D eigenvalue weighted by Gasteiger charge is 2.08. The summed E-state index contributed by atoms with van der Waals surface area (Å²) in [4.78, 5) is 11.7. The summed E-state index contributed by atoms with van der Waals surface area (Å²) < 4.78 is 13.0. The molecule has 1 fully saturated rings. The molecule has 0 atom stereocenters. The second kappa shape index (κ2) is 6.28. The molecule has 1 aliphatic rings. The summed E-state index contributed by atoms with van der Waals surface area (Å²) in [6.07, 6.45) is 6.63. The van der Waals surface area contributed by atoms with Gasteiger partial charge in [0.1, 0.15) is 5.82 Å². The van der Waals surface area contributed by atoms with Crippen molar-refractivity contribution in [3.8, 4) is 0 Å². The zero-order valence-electron chi connectivity index (χ0n) is 10.3. The number of carbonyl (C=O) groups excluding carboxylic acids is 1. The molecule has 96 valence electrons. The van der Waals surface area contributed by atoms with Crippen molar-refractivity contribution in [2.45, 2.75) is 38.5 Å². The van der Waals surface area contributed by atoms with Crippen LogP contribution in [0.5, 0.6) is 0 Å².